The summed E-state index contributed by atoms with van der Waals surface area (Å²) < 4.78 is 0. The maximum absolute atomic E-state index is 2.36. The maximum atomic E-state index is 2.36. The molecule has 0 aromatic rings. The lowest BCUT2D eigenvalue weighted by Gasteiger charge is -2.22. The van der Waals surface area contributed by atoms with Gasteiger partial charge in [-0.1, -0.05) is 13.8 Å². The molecule has 0 spiro atoms. The summed E-state index contributed by atoms with van der Waals surface area (Å²) >= 11 is 2.12. The summed E-state index contributed by atoms with van der Waals surface area (Å²) in [5.74, 6) is 2.38. The number of hydrogen-bond acceptors (Lipinski definition) is 1. The van der Waals surface area contributed by atoms with Crippen molar-refractivity contribution in [1.82, 2.24) is 0 Å². The number of hydrogen-bond donors (Lipinski definition) is 0. The first-order valence-electron chi connectivity index (χ1n) is 3.40. The predicted molar refractivity (Wildman–Crippen MR) is 40.3 cm³/mol. The van der Waals surface area contributed by atoms with Gasteiger partial charge in [-0.05, 0) is 24.5 Å². The van der Waals surface area contributed by atoms with Crippen molar-refractivity contribution < 1.29 is 0 Å². The van der Waals surface area contributed by atoms with E-state index in [1.807, 2.05) is 0 Å². The second-order valence-corrected chi connectivity index (χ2v) is 4.36. The van der Waals surface area contributed by atoms with E-state index in [2.05, 4.69) is 25.6 Å². The summed E-state index contributed by atoms with van der Waals surface area (Å²) in [6.07, 6.45) is 2.87. The van der Waals surface area contributed by atoms with E-state index in [4.69, 9.17) is 0 Å². The lowest BCUT2D eigenvalue weighted by atomic mass is 10.0. The van der Waals surface area contributed by atoms with Gasteiger partial charge in [-0.15, -0.1) is 0 Å². The molecule has 0 aliphatic carbocycles. The summed E-state index contributed by atoms with van der Waals surface area (Å²) in [6, 6.07) is 0. The second kappa shape index (κ2) is 2.77. The fourth-order valence-corrected chi connectivity index (χ4v) is 2.63. The van der Waals surface area contributed by atoms with Crippen molar-refractivity contribution in [3.05, 3.63) is 0 Å². The number of rotatable bonds is 0. The lowest BCUT2D eigenvalue weighted by Crippen LogP contribution is -2.12. The highest BCUT2D eigenvalue weighted by molar-refractivity contribution is 7.99. The predicted octanol–water partition coefficient (Wildman–Crippen LogP) is 2.54. The van der Waals surface area contributed by atoms with Gasteiger partial charge < -0.3 is 0 Å². The van der Waals surface area contributed by atoms with Gasteiger partial charge in [-0.25, -0.2) is 0 Å². The third-order valence-electron chi connectivity index (χ3n) is 1.75. The molecule has 48 valence electrons. The Hall–Kier alpha value is 0.350. The summed E-state index contributed by atoms with van der Waals surface area (Å²) in [4.78, 5) is 0. The van der Waals surface area contributed by atoms with Crippen LogP contribution in [0.1, 0.15) is 26.7 Å². The van der Waals surface area contributed by atoms with Crippen LogP contribution in [0.25, 0.3) is 0 Å². The van der Waals surface area contributed by atoms with Crippen molar-refractivity contribution in [3.63, 3.8) is 0 Å². The number of thioether (sulfide) groups is 1. The Morgan fingerprint density at radius 2 is 2.12 bits per heavy atom. The molecule has 1 heteroatoms. The van der Waals surface area contributed by atoms with Gasteiger partial charge >= 0.3 is 0 Å². The first-order chi connectivity index (χ1) is 3.79. The monoisotopic (exact) mass is 130 g/mol. The van der Waals surface area contributed by atoms with Crippen LogP contribution < -0.4 is 0 Å². The molecule has 2 atom stereocenters. The standard InChI is InChI=1S/C7H14S/c1-6-3-4-8-7(2)5-6/h6-7H,3-5H2,1-2H3. The normalized spacial score (nSPS) is 39.8. The van der Waals surface area contributed by atoms with Crippen LogP contribution in [0.2, 0.25) is 0 Å². The van der Waals surface area contributed by atoms with Crippen LogP contribution in [-0.4, -0.2) is 11.0 Å². The van der Waals surface area contributed by atoms with Gasteiger partial charge in [0.25, 0.3) is 0 Å². The van der Waals surface area contributed by atoms with Crippen LogP contribution in [0.15, 0.2) is 0 Å². The molecule has 0 aromatic heterocycles. The Labute approximate surface area is 56.0 Å². The fourth-order valence-electron chi connectivity index (χ4n) is 1.22. The van der Waals surface area contributed by atoms with Crippen molar-refractivity contribution in [3.8, 4) is 0 Å². The van der Waals surface area contributed by atoms with E-state index in [9.17, 15) is 0 Å². The Morgan fingerprint density at radius 3 is 2.50 bits per heavy atom. The first-order valence-corrected chi connectivity index (χ1v) is 4.45. The van der Waals surface area contributed by atoms with E-state index in [-0.39, 0.29) is 0 Å². The molecular weight excluding hydrogens is 116 g/mol. The smallest absolute Gasteiger partial charge is 0.00212 e. The van der Waals surface area contributed by atoms with Crippen molar-refractivity contribution in [1.29, 1.82) is 0 Å². The Balaban J connectivity index is 2.23. The molecule has 1 aliphatic heterocycles. The largest absolute Gasteiger partial charge is 0.159 e. The van der Waals surface area contributed by atoms with E-state index in [1.165, 1.54) is 18.6 Å². The van der Waals surface area contributed by atoms with Crippen LogP contribution in [0, 0.1) is 5.92 Å². The summed E-state index contributed by atoms with van der Waals surface area (Å²) in [6.45, 7) is 4.69. The van der Waals surface area contributed by atoms with Gasteiger partial charge in [-0.3, -0.25) is 0 Å². The minimum Gasteiger partial charge on any atom is -0.159 e. The second-order valence-electron chi connectivity index (χ2n) is 2.81. The van der Waals surface area contributed by atoms with Crippen LogP contribution in [-0.2, 0) is 0 Å². The average Bonchev–Trinajstić information content (AvgIpc) is 1.64. The molecule has 1 aliphatic rings. The van der Waals surface area contributed by atoms with E-state index in [0.717, 1.165) is 11.2 Å². The third-order valence-corrected chi connectivity index (χ3v) is 2.98. The van der Waals surface area contributed by atoms with Crippen LogP contribution in [0.5, 0.6) is 0 Å². The van der Waals surface area contributed by atoms with E-state index in [0.29, 0.717) is 0 Å². The summed E-state index contributed by atoms with van der Waals surface area (Å²) in [7, 11) is 0. The SMILES string of the molecule is CC1CCSC(C)C1. The minimum absolute atomic E-state index is 0.929. The molecule has 0 nitrogen and oxygen atoms in total. The fraction of sp³-hybridized carbons (Fsp3) is 1.00. The zero-order chi connectivity index (χ0) is 5.98. The van der Waals surface area contributed by atoms with Crippen molar-refractivity contribution in [2.24, 2.45) is 5.92 Å². The Bertz CT molecular complexity index is 62.8. The lowest BCUT2D eigenvalue weighted by molar-refractivity contribution is 0.504. The minimum atomic E-state index is 0.929. The van der Waals surface area contributed by atoms with E-state index < -0.39 is 0 Å². The van der Waals surface area contributed by atoms with Crippen molar-refractivity contribution in [2.75, 3.05) is 5.75 Å². The molecular formula is C7H14S. The molecule has 0 N–H and O–H groups in total. The topological polar surface area (TPSA) is 0 Å². The Morgan fingerprint density at radius 1 is 1.38 bits per heavy atom. The molecule has 0 radical (unpaired) electrons. The zero-order valence-electron chi connectivity index (χ0n) is 5.68. The van der Waals surface area contributed by atoms with E-state index in [1.54, 1.807) is 0 Å². The molecule has 0 aromatic carbocycles. The molecule has 0 amide bonds. The highest BCUT2D eigenvalue weighted by Gasteiger charge is 2.14. The van der Waals surface area contributed by atoms with Gasteiger partial charge in [0.05, 0.1) is 0 Å². The zero-order valence-corrected chi connectivity index (χ0v) is 6.50. The molecule has 1 heterocycles. The van der Waals surface area contributed by atoms with Gasteiger partial charge in [0, 0.05) is 5.25 Å². The summed E-state index contributed by atoms with van der Waals surface area (Å²) in [5, 5.41) is 0.929. The van der Waals surface area contributed by atoms with Gasteiger partial charge in [0.1, 0.15) is 0 Å². The third kappa shape index (κ3) is 1.70. The molecule has 1 rings (SSSR count). The van der Waals surface area contributed by atoms with E-state index >= 15 is 0 Å². The van der Waals surface area contributed by atoms with Crippen LogP contribution >= 0.6 is 11.8 Å². The van der Waals surface area contributed by atoms with Gasteiger partial charge in [0.15, 0.2) is 0 Å². The molecule has 1 fully saturated rings. The van der Waals surface area contributed by atoms with Crippen molar-refractivity contribution in [2.45, 2.75) is 31.9 Å². The van der Waals surface area contributed by atoms with Crippen LogP contribution in [0.4, 0.5) is 0 Å². The highest BCUT2D eigenvalue weighted by Crippen LogP contribution is 2.28. The maximum Gasteiger partial charge on any atom is 0.00212 e. The molecule has 2 unspecified atom stereocenters. The Kier molecular flexibility index (Phi) is 2.24. The van der Waals surface area contributed by atoms with Gasteiger partial charge in [-0.2, -0.15) is 11.8 Å². The highest BCUT2D eigenvalue weighted by atomic mass is 32.2. The molecule has 0 saturated carbocycles. The molecule has 1 saturated heterocycles. The quantitative estimate of drug-likeness (QED) is 0.485. The van der Waals surface area contributed by atoms with Crippen LogP contribution in [0.3, 0.4) is 0 Å². The first kappa shape index (κ1) is 6.47. The average molecular weight is 130 g/mol. The molecule has 0 bridgehead atoms. The summed E-state index contributed by atoms with van der Waals surface area (Å²) in [5.41, 5.74) is 0. The van der Waals surface area contributed by atoms with Gasteiger partial charge in [0.2, 0.25) is 0 Å². The van der Waals surface area contributed by atoms with Crippen molar-refractivity contribution >= 4 is 11.8 Å². The molecule has 8 heavy (non-hydrogen) atoms.